The van der Waals surface area contributed by atoms with Crippen molar-refractivity contribution in [1.29, 1.82) is 0 Å². The lowest BCUT2D eigenvalue weighted by molar-refractivity contribution is -0.132. The fourth-order valence-electron chi connectivity index (χ4n) is 5.31. The van der Waals surface area contributed by atoms with Gasteiger partial charge in [0.2, 0.25) is 5.91 Å². The van der Waals surface area contributed by atoms with E-state index in [2.05, 4.69) is 27.2 Å². The molecule has 2 aromatic rings. The number of fused-ring (bicyclic) bond motifs is 3. The van der Waals surface area contributed by atoms with Crippen LogP contribution >= 0.6 is 11.8 Å². The van der Waals surface area contributed by atoms with Gasteiger partial charge in [-0.05, 0) is 32.0 Å². The Morgan fingerprint density at radius 3 is 2.53 bits per heavy atom. The van der Waals surface area contributed by atoms with Crippen molar-refractivity contribution in [2.75, 3.05) is 59.0 Å². The van der Waals surface area contributed by atoms with E-state index in [4.69, 9.17) is 4.74 Å². The molecule has 0 unspecified atom stereocenters. The van der Waals surface area contributed by atoms with Crippen LogP contribution in [0.5, 0.6) is 0 Å². The predicted octanol–water partition coefficient (Wildman–Crippen LogP) is 3.88. The zero-order valence-corrected chi connectivity index (χ0v) is 22.4. The minimum absolute atomic E-state index is 0.0343. The third-order valence-corrected chi connectivity index (χ3v) is 8.61. The summed E-state index contributed by atoms with van der Waals surface area (Å²) in [4.78, 5) is 31.0. The van der Waals surface area contributed by atoms with Gasteiger partial charge in [-0.15, -0.1) is 11.8 Å². The Morgan fingerprint density at radius 1 is 1.03 bits per heavy atom. The Bertz CT molecular complexity index is 1130. The Hall–Kier alpha value is -2.50. The van der Waals surface area contributed by atoms with Gasteiger partial charge in [0.1, 0.15) is 5.69 Å². The van der Waals surface area contributed by atoms with Gasteiger partial charge >= 0.3 is 0 Å². The monoisotopic (exact) mass is 547 g/mol. The zero-order valence-electron chi connectivity index (χ0n) is 21.6. The molecular weight excluding hydrogens is 512 g/mol. The first-order valence-corrected chi connectivity index (χ1v) is 14.4. The molecule has 1 N–H and O–H groups in total. The van der Waals surface area contributed by atoms with Gasteiger partial charge in [-0.25, -0.2) is 8.78 Å². The average Bonchev–Trinajstić information content (AvgIpc) is 3.56. The fraction of sp³-hybridized carbons (Fsp3) is 0.593. The number of nitrogens with one attached hydrogen (secondary N) is 1. The fourth-order valence-corrected chi connectivity index (χ4v) is 6.39. The number of H-pyrrole nitrogens is 1. The normalized spacial score (nSPS) is 20.8. The maximum Gasteiger partial charge on any atom is 0.272 e. The van der Waals surface area contributed by atoms with Crippen LogP contribution in [-0.2, 0) is 15.3 Å². The second-order valence-electron chi connectivity index (χ2n) is 10.2. The summed E-state index contributed by atoms with van der Waals surface area (Å²) in [5.41, 5.74) is 3.69. The molecule has 3 fully saturated rings. The van der Waals surface area contributed by atoms with Crippen molar-refractivity contribution in [3.05, 3.63) is 35.5 Å². The van der Waals surface area contributed by atoms with Crippen LogP contribution in [0.3, 0.4) is 0 Å². The van der Waals surface area contributed by atoms with Crippen molar-refractivity contribution in [2.24, 2.45) is 0 Å². The molecule has 11 heteroatoms. The maximum absolute atomic E-state index is 12.9. The van der Waals surface area contributed by atoms with Crippen LogP contribution in [0.1, 0.15) is 48.2 Å². The molecule has 6 rings (SSSR count). The summed E-state index contributed by atoms with van der Waals surface area (Å²) in [7, 11) is 0. The van der Waals surface area contributed by atoms with Gasteiger partial charge in [0.25, 0.3) is 11.8 Å². The number of rotatable bonds is 4. The van der Waals surface area contributed by atoms with E-state index in [1.807, 2.05) is 17.0 Å². The Labute approximate surface area is 226 Å². The van der Waals surface area contributed by atoms with E-state index in [0.717, 1.165) is 42.2 Å². The number of halogens is 2. The van der Waals surface area contributed by atoms with Crippen LogP contribution in [-0.4, -0.2) is 102 Å². The summed E-state index contributed by atoms with van der Waals surface area (Å²) in [5, 5.41) is 7.36. The molecule has 38 heavy (non-hydrogen) atoms. The summed E-state index contributed by atoms with van der Waals surface area (Å²) in [6.07, 6.45) is 3.85. The van der Waals surface area contributed by atoms with E-state index in [1.54, 1.807) is 11.8 Å². The highest BCUT2D eigenvalue weighted by molar-refractivity contribution is 7.98. The summed E-state index contributed by atoms with van der Waals surface area (Å²) in [6.45, 7) is 5.16. The quantitative estimate of drug-likeness (QED) is 0.626. The van der Waals surface area contributed by atoms with Crippen molar-refractivity contribution < 1.29 is 23.1 Å². The van der Waals surface area contributed by atoms with Crippen LogP contribution < -0.4 is 0 Å². The van der Waals surface area contributed by atoms with Crippen LogP contribution in [0.25, 0.3) is 11.3 Å². The standard InChI is InChI=1S/C15H15N3O2S.C12H20F2N2O/c19-15(18-5-7-20-8-6-18)14-11-9-21-12-4-2-1-3-10(12)13(11)16-17-14;13-12(14)5-9-16(10-12)11(17)4-8-15-6-2-1-3-7-15/h1-4H,5-9H2,(H,16,17);1-10H2. The predicted molar refractivity (Wildman–Crippen MR) is 141 cm³/mol. The molecule has 5 heterocycles. The lowest BCUT2D eigenvalue weighted by atomic mass is 10.1. The van der Waals surface area contributed by atoms with E-state index in [-0.39, 0.29) is 31.3 Å². The number of likely N-dealkylation sites (tertiary alicyclic amines) is 2. The van der Waals surface area contributed by atoms with Crippen LogP contribution in [0.2, 0.25) is 0 Å². The average molecular weight is 548 g/mol. The second-order valence-corrected chi connectivity index (χ2v) is 11.2. The highest BCUT2D eigenvalue weighted by atomic mass is 32.2. The van der Waals surface area contributed by atoms with Crippen LogP contribution in [0, 0.1) is 0 Å². The lowest BCUT2D eigenvalue weighted by Gasteiger charge is -2.26. The molecule has 0 spiro atoms. The number of benzene rings is 1. The minimum atomic E-state index is -2.67. The number of aromatic nitrogens is 2. The van der Waals surface area contributed by atoms with Crippen molar-refractivity contribution >= 4 is 23.6 Å². The zero-order chi connectivity index (χ0) is 26.5. The number of alkyl halides is 2. The van der Waals surface area contributed by atoms with Crippen molar-refractivity contribution in [3.63, 3.8) is 0 Å². The minimum Gasteiger partial charge on any atom is -0.378 e. The number of carbonyl (C=O) groups is 2. The van der Waals surface area contributed by atoms with Crippen LogP contribution in [0.4, 0.5) is 8.78 Å². The first-order chi connectivity index (χ1) is 18.4. The number of nitrogens with zero attached hydrogens (tertiary/aromatic N) is 4. The van der Waals surface area contributed by atoms with Gasteiger partial charge in [0.15, 0.2) is 0 Å². The largest absolute Gasteiger partial charge is 0.378 e. The molecule has 0 aliphatic carbocycles. The summed E-state index contributed by atoms with van der Waals surface area (Å²) >= 11 is 1.76. The number of hydrogen-bond donors (Lipinski definition) is 1. The topological polar surface area (TPSA) is 81.8 Å². The molecule has 0 atom stereocenters. The molecule has 1 aromatic heterocycles. The van der Waals surface area contributed by atoms with E-state index < -0.39 is 5.92 Å². The molecule has 0 saturated carbocycles. The summed E-state index contributed by atoms with van der Waals surface area (Å²) in [5.74, 6) is -1.96. The second kappa shape index (κ2) is 12.1. The van der Waals surface area contributed by atoms with Gasteiger partial charge in [0.05, 0.1) is 25.5 Å². The van der Waals surface area contributed by atoms with Crippen LogP contribution in [0.15, 0.2) is 29.2 Å². The number of morpholine rings is 1. The molecule has 8 nitrogen and oxygen atoms in total. The van der Waals surface area contributed by atoms with E-state index in [0.29, 0.717) is 38.4 Å². The smallest absolute Gasteiger partial charge is 0.272 e. The third kappa shape index (κ3) is 6.38. The highest BCUT2D eigenvalue weighted by Crippen LogP contribution is 2.41. The molecule has 0 radical (unpaired) electrons. The summed E-state index contributed by atoms with van der Waals surface area (Å²) < 4.78 is 31.2. The molecule has 3 saturated heterocycles. The number of hydrogen-bond acceptors (Lipinski definition) is 6. The molecule has 4 aliphatic rings. The third-order valence-electron chi connectivity index (χ3n) is 7.51. The number of aromatic amines is 1. The van der Waals surface area contributed by atoms with Crippen molar-refractivity contribution in [1.82, 2.24) is 24.9 Å². The van der Waals surface area contributed by atoms with E-state index in [9.17, 15) is 18.4 Å². The van der Waals surface area contributed by atoms with Gasteiger partial charge in [-0.1, -0.05) is 24.6 Å². The number of thioether (sulfide) groups is 1. The number of carbonyl (C=O) groups excluding carboxylic acids is 2. The van der Waals surface area contributed by atoms with E-state index in [1.165, 1.54) is 29.1 Å². The molecular formula is C27H35F2N5O3S. The molecule has 4 aliphatic heterocycles. The molecule has 206 valence electrons. The molecule has 0 bridgehead atoms. The maximum atomic E-state index is 12.9. The Kier molecular flexibility index (Phi) is 8.64. The van der Waals surface area contributed by atoms with Gasteiger partial charge in [-0.3, -0.25) is 14.7 Å². The van der Waals surface area contributed by atoms with E-state index >= 15 is 0 Å². The van der Waals surface area contributed by atoms with Crippen molar-refractivity contribution in [3.8, 4) is 11.3 Å². The number of amides is 2. The lowest BCUT2D eigenvalue weighted by Crippen LogP contribution is -2.41. The SMILES string of the molecule is O=C(CCN1CCCCC1)N1CCC(F)(F)C1.O=C(c1[nH]nc2c1CSc1ccccc1-2)N1CCOCC1. The first kappa shape index (κ1) is 27.1. The van der Waals surface area contributed by atoms with Gasteiger partial charge in [-0.2, -0.15) is 5.10 Å². The first-order valence-electron chi connectivity index (χ1n) is 13.5. The van der Waals surface area contributed by atoms with Crippen molar-refractivity contribution in [2.45, 2.75) is 48.7 Å². The number of piperidine rings is 1. The summed E-state index contributed by atoms with van der Waals surface area (Å²) in [6, 6.07) is 8.20. The Balaban J connectivity index is 0.000000159. The number of ether oxygens (including phenoxy) is 1. The molecule has 2 amide bonds. The van der Waals surface area contributed by atoms with Gasteiger partial charge in [0, 0.05) is 60.8 Å². The highest BCUT2D eigenvalue weighted by Gasteiger charge is 2.40. The van der Waals surface area contributed by atoms with Gasteiger partial charge < -0.3 is 19.4 Å². The molecule has 1 aromatic carbocycles. The Morgan fingerprint density at radius 2 is 1.79 bits per heavy atom.